The number of benzene rings is 5. The standard InChI is InChI=1S/C36H30N2O/c1-28(39)37-33-24-20-31(21-25-33)18-16-29-12-14-30(15-13-29)17-19-32-22-26-36(27-23-32)38(34-8-4-2-5-9-34)35-10-6-3-7-11-35/h2-27H,1H3,(H,37,39)/b18-16+,19-17+. The van der Waals surface area contributed by atoms with Crippen LogP contribution in [-0.4, -0.2) is 5.91 Å². The van der Waals surface area contributed by atoms with Crippen LogP contribution in [0.15, 0.2) is 133 Å². The Morgan fingerprint density at radius 3 is 1.21 bits per heavy atom. The van der Waals surface area contributed by atoms with E-state index in [4.69, 9.17) is 0 Å². The maximum absolute atomic E-state index is 11.2. The summed E-state index contributed by atoms with van der Waals surface area (Å²) in [5, 5.41) is 2.79. The van der Waals surface area contributed by atoms with Gasteiger partial charge in [0.05, 0.1) is 0 Å². The maximum Gasteiger partial charge on any atom is 0.221 e. The maximum atomic E-state index is 11.2. The van der Waals surface area contributed by atoms with Crippen molar-refractivity contribution < 1.29 is 4.79 Å². The number of amides is 1. The summed E-state index contributed by atoms with van der Waals surface area (Å²) in [5.41, 5.74) is 8.67. The van der Waals surface area contributed by atoms with Crippen molar-refractivity contribution in [3.63, 3.8) is 0 Å². The molecule has 5 rings (SSSR count). The fraction of sp³-hybridized carbons (Fsp3) is 0.0278. The molecular formula is C36H30N2O. The van der Waals surface area contributed by atoms with Crippen molar-refractivity contribution in [2.75, 3.05) is 10.2 Å². The Balaban J connectivity index is 1.25. The molecule has 0 aromatic heterocycles. The number of carbonyl (C=O) groups is 1. The highest BCUT2D eigenvalue weighted by Crippen LogP contribution is 2.34. The number of rotatable bonds is 8. The molecule has 39 heavy (non-hydrogen) atoms. The van der Waals surface area contributed by atoms with Crippen molar-refractivity contribution in [2.45, 2.75) is 6.92 Å². The minimum absolute atomic E-state index is 0.0674. The monoisotopic (exact) mass is 506 g/mol. The second kappa shape index (κ2) is 12.4. The first-order chi connectivity index (χ1) is 19.1. The minimum Gasteiger partial charge on any atom is -0.326 e. The van der Waals surface area contributed by atoms with Crippen LogP contribution >= 0.6 is 0 Å². The van der Waals surface area contributed by atoms with Crippen LogP contribution < -0.4 is 10.2 Å². The predicted octanol–water partition coefficient (Wildman–Crippen LogP) is 9.46. The van der Waals surface area contributed by atoms with E-state index in [1.165, 1.54) is 6.92 Å². The summed E-state index contributed by atoms with van der Waals surface area (Å²) >= 11 is 0. The van der Waals surface area contributed by atoms with Crippen LogP contribution in [-0.2, 0) is 4.79 Å². The van der Waals surface area contributed by atoms with E-state index in [0.29, 0.717) is 0 Å². The fourth-order valence-electron chi connectivity index (χ4n) is 4.32. The number of nitrogens with one attached hydrogen (secondary N) is 1. The van der Waals surface area contributed by atoms with Gasteiger partial charge in [-0.1, -0.05) is 109 Å². The normalized spacial score (nSPS) is 11.1. The van der Waals surface area contributed by atoms with Crippen LogP contribution in [0.2, 0.25) is 0 Å². The van der Waals surface area contributed by atoms with Gasteiger partial charge in [0.2, 0.25) is 5.91 Å². The molecule has 0 unspecified atom stereocenters. The van der Waals surface area contributed by atoms with Crippen LogP contribution in [0.3, 0.4) is 0 Å². The van der Waals surface area contributed by atoms with Gasteiger partial charge in [0.1, 0.15) is 0 Å². The summed E-state index contributed by atoms with van der Waals surface area (Å²) in [6.07, 6.45) is 8.43. The first kappa shape index (κ1) is 25.5. The van der Waals surface area contributed by atoms with E-state index in [1.54, 1.807) is 0 Å². The minimum atomic E-state index is -0.0674. The molecule has 0 aliphatic carbocycles. The highest BCUT2D eigenvalue weighted by Gasteiger charge is 2.11. The molecule has 0 saturated heterocycles. The Hall–Kier alpha value is -5.15. The molecule has 0 atom stereocenters. The smallest absolute Gasteiger partial charge is 0.221 e. The Morgan fingerprint density at radius 2 is 0.821 bits per heavy atom. The molecule has 0 heterocycles. The summed E-state index contributed by atoms with van der Waals surface area (Å²) < 4.78 is 0. The third kappa shape index (κ3) is 7.00. The molecule has 1 amide bonds. The molecule has 190 valence electrons. The molecule has 0 aliphatic heterocycles. The molecule has 1 N–H and O–H groups in total. The van der Waals surface area contributed by atoms with E-state index >= 15 is 0 Å². The molecule has 0 fully saturated rings. The molecule has 0 spiro atoms. The van der Waals surface area contributed by atoms with Gasteiger partial charge in [-0.3, -0.25) is 4.79 Å². The lowest BCUT2D eigenvalue weighted by Crippen LogP contribution is -2.09. The van der Waals surface area contributed by atoms with Gasteiger partial charge in [-0.2, -0.15) is 0 Å². The molecule has 3 nitrogen and oxygen atoms in total. The lowest BCUT2D eigenvalue weighted by atomic mass is 10.1. The zero-order valence-corrected chi connectivity index (χ0v) is 21.9. The summed E-state index contributed by atoms with van der Waals surface area (Å²) in [5.74, 6) is -0.0674. The first-order valence-corrected chi connectivity index (χ1v) is 13.0. The summed E-state index contributed by atoms with van der Waals surface area (Å²) in [6, 6.07) is 45.7. The van der Waals surface area contributed by atoms with Gasteiger partial charge in [0.25, 0.3) is 0 Å². The molecular weight excluding hydrogens is 476 g/mol. The highest BCUT2D eigenvalue weighted by atomic mass is 16.1. The van der Waals surface area contributed by atoms with Crippen molar-refractivity contribution >= 4 is 53.0 Å². The summed E-state index contributed by atoms with van der Waals surface area (Å²) in [7, 11) is 0. The van der Waals surface area contributed by atoms with Crippen LogP contribution in [0, 0.1) is 0 Å². The molecule has 0 aliphatic rings. The van der Waals surface area contributed by atoms with Crippen molar-refractivity contribution in [2.24, 2.45) is 0 Å². The van der Waals surface area contributed by atoms with Gasteiger partial charge in [-0.05, 0) is 70.8 Å². The van der Waals surface area contributed by atoms with Gasteiger partial charge in [-0.25, -0.2) is 0 Å². The molecule has 0 saturated carbocycles. The fourth-order valence-corrected chi connectivity index (χ4v) is 4.32. The first-order valence-electron chi connectivity index (χ1n) is 13.0. The van der Waals surface area contributed by atoms with Crippen LogP contribution in [0.25, 0.3) is 24.3 Å². The Kier molecular flexibility index (Phi) is 8.10. The lowest BCUT2D eigenvalue weighted by molar-refractivity contribution is -0.114. The largest absolute Gasteiger partial charge is 0.326 e. The van der Waals surface area contributed by atoms with Gasteiger partial charge >= 0.3 is 0 Å². The van der Waals surface area contributed by atoms with Crippen LogP contribution in [0.1, 0.15) is 29.2 Å². The molecule has 0 bridgehead atoms. The zero-order valence-electron chi connectivity index (χ0n) is 21.9. The third-order valence-electron chi connectivity index (χ3n) is 6.28. The topological polar surface area (TPSA) is 32.3 Å². The second-order valence-electron chi connectivity index (χ2n) is 9.23. The SMILES string of the molecule is CC(=O)Nc1ccc(/C=C/c2ccc(/C=C/c3ccc(N(c4ccccc4)c4ccccc4)cc3)cc2)cc1. The Morgan fingerprint density at radius 1 is 0.487 bits per heavy atom. The number of carbonyl (C=O) groups excluding carboxylic acids is 1. The molecule has 5 aromatic carbocycles. The molecule has 3 heteroatoms. The summed E-state index contributed by atoms with van der Waals surface area (Å²) in [6.45, 7) is 1.51. The van der Waals surface area contributed by atoms with E-state index in [2.05, 4.69) is 132 Å². The van der Waals surface area contributed by atoms with E-state index in [1.807, 2.05) is 36.4 Å². The highest BCUT2D eigenvalue weighted by molar-refractivity contribution is 5.88. The van der Waals surface area contributed by atoms with Gasteiger partial charge < -0.3 is 10.2 Å². The van der Waals surface area contributed by atoms with Gasteiger partial charge in [0.15, 0.2) is 0 Å². The van der Waals surface area contributed by atoms with E-state index in [-0.39, 0.29) is 5.91 Å². The molecule has 0 radical (unpaired) electrons. The average Bonchev–Trinajstić information content (AvgIpc) is 2.98. The van der Waals surface area contributed by atoms with E-state index < -0.39 is 0 Å². The van der Waals surface area contributed by atoms with Gasteiger partial charge in [0, 0.05) is 29.7 Å². The van der Waals surface area contributed by atoms with Crippen molar-refractivity contribution in [3.8, 4) is 0 Å². The van der Waals surface area contributed by atoms with E-state index in [0.717, 1.165) is 45.0 Å². The third-order valence-corrected chi connectivity index (χ3v) is 6.28. The van der Waals surface area contributed by atoms with Crippen LogP contribution in [0.5, 0.6) is 0 Å². The number of anilines is 4. The van der Waals surface area contributed by atoms with Crippen molar-refractivity contribution in [3.05, 3.63) is 156 Å². The predicted molar refractivity (Wildman–Crippen MR) is 166 cm³/mol. The second-order valence-corrected chi connectivity index (χ2v) is 9.23. The Labute approximate surface area is 230 Å². The zero-order chi connectivity index (χ0) is 26.9. The van der Waals surface area contributed by atoms with Crippen molar-refractivity contribution in [1.29, 1.82) is 0 Å². The van der Waals surface area contributed by atoms with Crippen LogP contribution in [0.4, 0.5) is 22.7 Å². The van der Waals surface area contributed by atoms with Gasteiger partial charge in [-0.15, -0.1) is 0 Å². The number of para-hydroxylation sites is 2. The average molecular weight is 507 g/mol. The summed E-state index contributed by atoms with van der Waals surface area (Å²) in [4.78, 5) is 13.4. The van der Waals surface area contributed by atoms with Crippen molar-refractivity contribution in [1.82, 2.24) is 0 Å². The number of hydrogen-bond acceptors (Lipinski definition) is 2. The number of hydrogen-bond donors (Lipinski definition) is 1. The Bertz CT molecular complexity index is 1510. The number of nitrogens with zero attached hydrogens (tertiary/aromatic N) is 1. The lowest BCUT2D eigenvalue weighted by Gasteiger charge is -2.25. The van der Waals surface area contributed by atoms with E-state index in [9.17, 15) is 4.79 Å². The molecule has 5 aromatic rings. The quantitative estimate of drug-likeness (QED) is 0.213.